The van der Waals surface area contributed by atoms with Gasteiger partial charge in [0.1, 0.15) is 5.56 Å². The van der Waals surface area contributed by atoms with Crippen molar-refractivity contribution >= 4 is 28.6 Å². The van der Waals surface area contributed by atoms with E-state index in [0.29, 0.717) is 29.2 Å². The van der Waals surface area contributed by atoms with Gasteiger partial charge < -0.3 is 25.1 Å². The van der Waals surface area contributed by atoms with E-state index in [9.17, 15) is 18.0 Å². The first-order valence-corrected chi connectivity index (χ1v) is 10.7. The van der Waals surface area contributed by atoms with Gasteiger partial charge in [0.25, 0.3) is 0 Å². The highest BCUT2D eigenvalue weighted by molar-refractivity contribution is 6.03. The number of carbonyl (C=O) groups excluding carboxylic acids is 1. The van der Waals surface area contributed by atoms with E-state index in [4.69, 9.17) is 4.74 Å². The first kappa shape index (κ1) is 23.6. The van der Waals surface area contributed by atoms with E-state index < -0.39 is 17.8 Å². The Balaban J connectivity index is 1.77. The number of nitrogens with zero attached hydrogens (tertiary/aromatic N) is 2. The van der Waals surface area contributed by atoms with Gasteiger partial charge in [-0.3, -0.25) is 5.32 Å². The highest BCUT2D eigenvalue weighted by Crippen LogP contribution is 2.42. The number of carbonyl (C=O) groups is 1. The second-order valence-corrected chi connectivity index (χ2v) is 8.07. The van der Waals surface area contributed by atoms with Gasteiger partial charge in [-0.1, -0.05) is 0 Å². The maximum absolute atomic E-state index is 13.9. The number of hydrogen-bond acceptors (Lipinski definition) is 7. The summed E-state index contributed by atoms with van der Waals surface area (Å²) in [7, 11) is 2.61. The van der Waals surface area contributed by atoms with E-state index >= 15 is 0 Å². The third-order valence-corrected chi connectivity index (χ3v) is 5.78. The Morgan fingerprint density at radius 2 is 2.03 bits per heavy atom. The van der Waals surface area contributed by atoms with Crippen LogP contribution in [-0.2, 0) is 10.9 Å². The molecule has 3 heterocycles. The summed E-state index contributed by atoms with van der Waals surface area (Å²) in [6.07, 6.45) is -1.34. The molecule has 9 nitrogen and oxygen atoms in total. The molecule has 0 bridgehead atoms. The maximum Gasteiger partial charge on any atom is 0.419 e. The lowest BCUT2D eigenvalue weighted by Gasteiger charge is -2.28. The Hall–Kier alpha value is -3.54. The largest absolute Gasteiger partial charge is 0.492 e. The molecule has 0 radical (unpaired) electrons. The number of aromatic nitrogens is 3. The third kappa shape index (κ3) is 4.72. The minimum absolute atomic E-state index is 0.0100. The van der Waals surface area contributed by atoms with Gasteiger partial charge in [-0.05, 0) is 31.9 Å². The molecule has 12 heteroatoms. The standard InChI is InChI=1S/C22H25F3N6O3/c1-11-4-5-12(8-26-11)29-20-28-10-15(22(23,24)25)17(31-20)14-9-27-18-13(14)6-7-16(19(18)33-2)30-21(32)34-3/h6-7,9-12,26-27H,4-5,8H2,1-3H3,(H,30,32)(H,28,29,31). The molecular formula is C22H25F3N6O3. The van der Waals surface area contributed by atoms with E-state index in [1.165, 1.54) is 26.5 Å². The topological polar surface area (TPSA) is 113 Å². The Kier molecular flexibility index (Phi) is 6.51. The van der Waals surface area contributed by atoms with Crippen LogP contribution >= 0.6 is 0 Å². The Morgan fingerprint density at radius 3 is 2.68 bits per heavy atom. The van der Waals surface area contributed by atoms with Crippen LogP contribution in [0.2, 0.25) is 0 Å². The summed E-state index contributed by atoms with van der Waals surface area (Å²) >= 11 is 0. The summed E-state index contributed by atoms with van der Waals surface area (Å²) in [5, 5.41) is 9.43. The third-order valence-electron chi connectivity index (χ3n) is 5.78. The smallest absolute Gasteiger partial charge is 0.419 e. The molecular weight excluding hydrogens is 453 g/mol. The van der Waals surface area contributed by atoms with Gasteiger partial charge in [0, 0.05) is 42.0 Å². The molecule has 2 atom stereocenters. The van der Waals surface area contributed by atoms with E-state index in [-0.39, 0.29) is 29.0 Å². The number of methoxy groups -OCH3 is 2. The molecule has 1 aromatic carbocycles. The fraction of sp³-hybridized carbons (Fsp3) is 0.409. The number of nitrogens with one attached hydrogen (secondary N) is 4. The van der Waals surface area contributed by atoms with Gasteiger partial charge >= 0.3 is 12.3 Å². The fourth-order valence-electron chi connectivity index (χ4n) is 4.01. The number of anilines is 2. The van der Waals surface area contributed by atoms with Crippen molar-refractivity contribution in [2.24, 2.45) is 0 Å². The molecule has 1 saturated heterocycles. The lowest BCUT2D eigenvalue weighted by atomic mass is 10.0. The van der Waals surface area contributed by atoms with E-state index in [1.54, 1.807) is 6.07 Å². The zero-order valence-corrected chi connectivity index (χ0v) is 18.8. The molecule has 0 aliphatic carbocycles. The number of piperidine rings is 1. The average molecular weight is 478 g/mol. The quantitative estimate of drug-likeness (QED) is 0.430. The second-order valence-electron chi connectivity index (χ2n) is 8.07. The summed E-state index contributed by atoms with van der Waals surface area (Å²) in [6, 6.07) is 3.51. The van der Waals surface area contributed by atoms with Crippen LogP contribution in [0.3, 0.4) is 0 Å². The van der Waals surface area contributed by atoms with Crippen LogP contribution in [0.25, 0.3) is 22.2 Å². The Bertz CT molecular complexity index is 1190. The van der Waals surface area contributed by atoms with Crippen molar-refractivity contribution in [1.82, 2.24) is 20.3 Å². The van der Waals surface area contributed by atoms with Crippen molar-refractivity contribution in [2.75, 3.05) is 31.4 Å². The molecule has 1 fully saturated rings. The molecule has 1 aliphatic rings. The van der Waals surface area contributed by atoms with Crippen LogP contribution in [0.15, 0.2) is 24.5 Å². The molecule has 0 spiro atoms. The molecule has 182 valence electrons. The summed E-state index contributed by atoms with van der Waals surface area (Å²) in [5.74, 6) is 0.368. The number of amides is 1. The molecule has 2 unspecified atom stereocenters. The second kappa shape index (κ2) is 9.37. The van der Waals surface area contributed by atoms with E-state index in [0.717, 1.165) is 19.0 Å². The summed E-state index contributed by atoms with van der Waals surface area (Å²) < 4.78 is 51.6. The zero-order chi connectivity index (χ0) is 24.5. The maximum atomic E-state index is 13.9. The molecule has 1 amide bonds. The lowest BCUT2D eigenvalue weighted by Crippen LogP contribution is -2.43. The van der Waals surface area contributed by atoms with Crippen molar-refractivity contribution in [3.05, 3.63) is 30.1 Å². The monoisotopic (exact) mass is 478 g/mol. The summed E-state index contributed by atoms with van der Waals surface area (Å²) in [4.78, 5) is 22.8. The number of hydrogen-bond donors (Lipinski definition) is 4. The first-order valence-electron chi connectivity index (χ1n) is 10.7. The predicted molar refractivity (Wildman–Crippen MR) is 121 cm³/mol. The van der Waals surface area contributed by atoms with E-state index in [2.05, 4.69) is 42.6 Å². The molecule has 0 saturated carbocycles. The van der Waals surface area contributed by atoms with Gasteiger partial charge in [0.2, 0.25) is 5.95 Å². The van der Waals surface area contributed by atoms with Crippen LogP contribution in [-0.4, -0.2) is 53.9 Å². The number of benzene rings is 1. The van der Waals surface area contributed by atoms with Crippen molar-refractivity contribution in [3.63, 3.8) is 0 Å². The number of ether oxygens (including phenoxy) is 2. The zero-order valence-electron chi connectivity index (χ0n) is 18.8. The van der Waals surface area contributed by atoms with Gasteiger partial charge in [-0.2, -0.15) is 13.2 Å². The van der Waals surface area contributed by atoms with Crippen molar-refractivity contribution in [3.8, 4) is 17.0 Å². The van der Waals surface area contributed by atoms with Gasteiger partial charge in [0.05, 0.1) is 31.1 Å². The molecule has 4 rings (SSSR count). The van der Waals surface area contributed by atoms with Crippen molar-refractivity contribution < 1.29 is 27.4 Å². The predicted octanol–water partition coefficient (Wildman–Crippen LogP) is 4.38. The molecule has 1 aliphatic heterocycles. The molecule has 34 heavy (non-hydrogen) atoms. The van der Waals surface area contributed by atoms with Crippen molar-refractivity contribution in [2.45, 2.75) is 38.0 Å². The lowest BCUT2D eigenvalue weighted by molar-refractivity contribution is -0.137. The number of halogens is 3. The number of aromatic amines is 1. The number of H-pyrrole nitrogens is 1. The van der Waals surface area contributed by atoms with Gasteiger partial charge in [0.15, 0.2) is 5.75 Å². The highest BCUT2D eigenvalue weighted by Gasteiger charge is 2.36. The van der Waals surface area contributed by atoms with E-state index in [1.807, 2.05) is 0 Å². The number of fused-ring (bicyclic) bond motifs is 1. The number of alkyl halides is 3. The minimum atomic E-state index is -4.66. The van der Waals surface area contributed by atoms with Crippen LogP contribution in [0.5, 0.6) is 5.75 Å². The number of rotatable bonds is 5. The van der Waals surface area contributed by atoms with Crippen LogP contribution in [0, 0.1) is 0 Å². The Morgan fingerprint density at radius 1 is 1.24 bits per heavy atom. The van der Waals surface area contributed by atoms with Gasteiger partial charge in [-0.15, -0.1) is 0 Å². The minimum Gasteiger partial charge on any atom is -0.492 e. The Labute approximate surface area is 193 Å². The molecule has 4 N–H and O–H groups in total. The van der Waals surface area contributed by atoms with Crippen LogP contribution in [0.1, 0.15) is 25.3 Å². The van der Waals surface area contributed by atoms with Gasteiger partial charge in [-0.25, -0.2) is 14.8 Å². The van der Waals surface area contributed by atoms with Crippen LogP contribution < -0.4 is 20.7 Å². The fourth-order valence-corrected chi connectivity index (χ4v) is 4.01. The van der Waals surface area contributed by atoms with Crippen molar-refractivity contribution in [1.29, 1.82) is 0 Å². The molecule has 3 aromatic rings. The SMILES string of the molecule is COC(=O)Nc1ccc2c(-c3nc(NC4CCC(C)NC4)ncc3C(F)(F)F)c[nH]c2c1OC. The normalized spacial score (nSPS) is 18.5. The molecule has 2 aromatic heterocycles. The first-order chi connectivity index (χ1) is 16.2. The summed E-state index contributed by atoms with van der Waals surface area (Å²) in [5.41, 5.74) is -0.284. The summed E-state index contributed by atoms with van der Waals surface area (Å²) in [6.45, 7) is 2.75. The average Bonchev–Trinajstić information content (AvgIpc) is 3.23. The highest BCUT2D eigenvalue weighted by atomic mass is 19.4. The van der Waals surface area contributed by atoms with Crippen LogP contribution in [0.4, 0.5) is 29.6 Å².